The summed E-state index contributed by atoms with van der Waals surface area (Å²) in [5.41, 5.74) is 8.53. The summed E-state index contributed by atoms with van der Waals surface area (Å²) in [6.45, 7) is 0. The molecule has 0 aromatic carbocycles. The molecule has 0 fully saturated rings. The van der Waals surface area contributed by atoms with E-state index < -0.39 is 0 Å². The summed E-state index contributed by atoms with van der Waals surface area (Å²) >= 11 is 0. The van der Waals surface area contributed by atoms with Gasteiger partial charge in [0.2, 0.25) is 0 Å². The second-order valence-electron chi connectivity index (χ2n) is 7.60. The van der Waals surface area contributed by atoms with Crippen LogP contribution >= 0.6 is 0 Å². The molecular weight excluding hydrogens is 320 g/mol. The molecule has 6 rings (SSSR count). The Kier molecular flexibility index (Phi) is 2.92. The zero-order valence-corrected chi connectivity index (χ0v) is 14.5. The molecule has 0 saturated heterocycles. The summed E-state index contributed by atoms with van der Waals surface area (Å²) in [4.78, 5) is 17.0. The first-order chi connectivity index (χ1) is 12.8. The van der Waals surface area contributed by atoms with Gasteiger partial charge in [-0.2, -0.15) is 0 Å². The third-order valence-corrected chi connectivity index (χ3v) is 5.78. The van der Waals surface area contributed by atoms with E-state index in [2.05, 4.69) is 52.5 Å². The van der Waals surface area contributed by atoms with Crippen molar-refractivity contribution in [2.24, 2.45) is 9.98 Å². The van der Waals surface area contributed by atoms with Crippen LogP contribution in [0.4, 0.5) is 0 Å². The normalized spacial score (nSPS) is 26.3. The number of hydrogen-bond acceptors (Lipinski definition) is 2. The van der Waals surface area contributed by atoms with E-state index in [-0.39, 0.29) is 0 Å². The Labute approximate surface area is 151 Å². The molecule has 5 heterocycles. The largest absolute Gasteiger partial charge is 0.359 e. The zero-order valence-electron chi connectivity index (χ0n) is 14.5. The standard InChI is InChI=1S/C22H20N4/c1-7-20-21-8-6-18(25-21)11-16-3-2-14(23-16)10-15-4-5-17(24-15)12-19-9-13(1)22(20)26-19/h2-5,9-10,12,18,23,26H,1,6-8,11H2/b15-10-,19-12-. The Morgan fingerprint density at radius 1 is 1.00 bits per heavy atom. The van der Waals surface area contributed by atoms with Crippen LogP contribution in [0.25, 0.3) is 17.7 Å². The highest BCUT2D eigenvalue weighted by Gasteiger charge is 2.24. The Balaban J connectivity index is 1.56. The fourth-order valence-electron chi connectivity index (χ4n) is 4.56. The van der Waals surface area contributed by atoms with Gasteiger partial charge in [-0.15, -0.1) is 0 Å². The summed E-state index contributed by atoms with van der Waals surface area (Å²) in [6.07, 6.45) is 13.9. The van der Waals surface area contributed by atoms with Crippen LogP contribution in [-0.2, 0) is 12.8 Å². The van der Waals surface area contributed by atoms with E-state index in [9.17, 15) is 0 Å². The van der Waals surface area contributed by atoms with E-state index in [0.29, 0.717) is 6.04 Å². The lowest BCUT2D eigenvalue weighted by Gasteiger charge is -2.04. The third kappa shape index (κ3) is 2.29. The molecule has 0 spiro atoms. The van der Waals surface area contributed by atoms with E-state index in [1.165, 1.54) is 27.9 Å². The van der Waals surface area contributed by atoms with Crippen molar-refractivity contribution in [2.75, 3.05) is 0 Å². The van der Waals surface area contributed by atoms with Crippen molar-refractivity contribution in [3.63, 3.8) is 0 Å². The SMILES string of the molecule is C1=C/C2=C/c3ccc([nH]3)CC3CCC(=N3)C3=c4[nH]/c(cc4CC3)=C\C1=N2. The maximum atomic E-state index is 5.09. The highest BCUT2D eigenvalue weighted by molar-refractivity contribution is 6.20. The Hall–Kier alpha value is -2.88. The maximum Gasteiger partial charge on any atom is 0.0658 e. The first-order valence-electron chi connectivity index (χ1n) is 9.46. The van der Waals surface area contributed by atoms with E-state index in [4.69, 9.17) is 9.98 Å². The molecule has 4 nitrogen and oxygen atoms in total. The van der Waals surface area contributed by atoms with Gasteiger partial charge in [0.05, 0.1) is 17.5 Å². The van der Waals surface area contributed by atoms with Crippen molar-refractivity contribution in [1.29, 1.82) is 0 Å². The van der Waals surface area contributed by atoms with E-state index in [1.807, 2.05) is 0 Å². The number of aryl methyl sites for hydroxylation is 1. The molecule has 1 atom stereocenters. The van der Waals surface area contributed by atoms with E-state index in [1.54, 1.807) is 0 Å². The van der Waals surface area contributed by atoms with Gasteiger partial charge in [0.25, 0.3) is 0 Å². The second kappa shape index (κ2) is 5.31. The molecule has 4 heteroatoms. The van der Waals surface area contributed by atoms with Crippen LogP contribution in [0, 0.1) is 0 Å². The minimum atomic E-state index is 0.394. The number of aromatic nitrogens is 2. The molecule has 26 heavy (non-hydrogen) atoms. The molecule has 2 N–H and O–H groups in total. The quantitative estimate of drug-likeness (QED) is 0.740. The molecule has 0 saturated carbocycles. The minimum Gasteiger partial charge on any atom is -0.359 e. The average molecular weight is 340 g/mol. The lowest BCUT2D eigenvalue weighted by molar-refractivity contribution is 0.659. The lowest BCUT2D eigenvalue weighted by Crippen LogP contribution is -2.16. The van der Waals surface area contributed by atoms with Crippen LogP contribution in [-0.4, -0.2) is 27.4 Å². The Morgan fingerprint density at radius 2 is 2.00 bits per heavy atom. The number of H-pyrrole nitrogens is 2. The van der Waals surface area contributed by atoms with E-state index in [0.717, 1.165) is 54.6 Å². The van der Waals surface area contributed by atoms with Crippen LogP contribution in [0.15, 0.2) is 46.0 Å². The molecule has 0 amide bonds. The number of allylic oxidation sites excluding steroid dienone is 2. The van der Waals surface area contributed by atoms with Gasteiger partial charge in [-0.05, 0) is 79.3 Å². The number of aliphatic imine (C=N–C) groups is 2. The summed E-state index contributed by atoms with van der Waals surface area (Å²) in [7, 11) is 0. The predicted molar refractivity (Wildman–Crippen MR) is 106 cm³/mol. The number of fused-ring (bicyclic) bond motifs is 6. The van der Waals surface area contributed by atoms with Crippen LogP contribution in [0.1, 0.15) is 36.2 Å². The van der Waals surface area contributed by atoms with Gasteiger partial charge in [-0.3, -0.25) is 4.99 Å². The monoisotopic (exact) mass is 340 g/mol. The van der Waals surface area contributed by atoms with E-state index >= 15 is 0 Å². The molecule has 0 radical (unpaired) electrons. The molecule has 1 unspecified atom stereocenters. The van der Waals surface area contributed by atoms with Gasteiger partial charge in [0.15, 0.2) is 0 Å². The van der Waals surface area contributed by atoms with Crippen molar-refractivity contribution < 1.29 is 0 Å². The minimum absolute atomic E-state index is 0.394. The van der Waals surface area contributed by atoms with Gasteiger partial charge >= 0.3 is 0 Å². The number of aromatic amines is 2. The number of hydrogen-bond donors (Lipinski definition) is 2. The molecule has 128 valence electrons. The van der Waals surface area contributed by atoms with Gasteiger partial charge in [-0.1, -0.05) is 0 Å². The number of nitrogens with one attached hydrogen (secondary N) is 2. The number of rotatable bonds is 0. The van der Waals surface area contributed by atoms with Crippen LogP contribution in [0.2, 0.25) is 0 Å². The highest BCUT2D eigenvalue weighted by Crippen LogP contribution is 2.26. The molecule has 8 bridgehead atoms. The van der Waals surface area contributed by atoms with Crippen molar-refractivity contribution in [1.82, 2.24) is 9.97 Å². The second-order valence-corrected chi connectivity index (χ2v) is 7.60. The summed E-state index contributed by atoms with van der Waals surface area (Å²) in [6, 6.07) is 7.00. The van der Waals surface area contributed by atoms with Crippen LogP contribution in [0.5, 0.6) is 0 Å². The molecule has 4 aliphatic rings. The molecule has 2 aromatic rings. The average Bonchev–Trinajstić information content (AvgIpc) is 3.38. The van der Waals surface area contributed by atoms with Crippen LogP contribution in [0.3, 0.4) is 0 Å². The molecule has 3 aliphatic heterocycles. The topological polar surface area (TPSA) is 56.3 Å². The van der Waals surface area contributed by atoms with Gasteiger partial charge in [0.1, 0.15) is 0 Å². The van der Waals surface area contributed by atoms with Crippen LogP contribution < -0.4 is 10.7 Å². The van der Waals surface area contributed by atoms with Gasteiger partial charge in [0, 0.05) is 34.2 Å². The van der Waals surface area contributed by atoms with Crippen molar-refractivity contribution in [2.45, 2.75) is 38.1 Å². The Morgan fingerprint density at radius 3 is 3.00 bits per heavy atom. The fraction of sp³-hybridized carbons (Fsp3) is 0.273. The number of nitrogens with zero attached hydrogens (tertiary/aromatic N) is 2. The van der Waals surface area contributed by atoms with Gasteiger partial charge < -0.3 is 9.97 Å². The smallest absolute Gasteiger partial charge is 0.0658 e. The first kappa shape index (κ1) is 14.3. The maximum absolute atomic E-state index is 5.09. The highest BCUT2D eigenvalue weighted by atomic mass is 14.9. The third-order valence-electron chi connectivity index (χ3n) is 5.78. The van der Waals surface area contributed by atoms with Crippen molar-refractivity contribution in [3.05, 3.63) is 63.7 Å². The molecule has 2 aromatic heterocycles. The first-order valence-corrected chi connectivity index (χ1v) is 9.46. The summed E-state index contributed by atoms with van der Waals surface area (Å²) in [5.74, 6) is 0. The Bertz CT molecular complexity index is 1160. The lowest BCUT2D eigenvalue weighted by atomic mass is 10.0. The van der Waals surface area contributed by atoms with Gasteiger partial charge in [-0.25, -0.2) is 4.99 Å². The summed E-state index contributed by atoms with van der Waals surface area (Å²) in [5, 5.41) is 2.45. The van der Waals surface area contributed by atoms with Crippen molar-refractivity contribution >= 4 is 29.1 Å². The molecule has 1 aliphatic carbocycles. The zero-order chi connectivity index (χ0) is 17.1. The molecular formula is C22H20N4. The van der Waals surface area contributed by atoms with Crippen molar-refractivity contribution in [3.8, 4) is 0 Å². The summed E-state index contributed by atoms with van der Waals surface area (Å²) < 4.78 is 0. The fourth-order valence-corrected chi connectivity index (χ4v) is 4.56. The predicted octanol–water partition coefficient (Wildman–Crippen LogP) is 2.43.